The number of hydrogen-bond acceptors (Lipinski definition) is 4. The van der Waals surface area contributed by atoms with Crippen molar-refractivity contribution in [1.82, 2.24) is 10.2 Å². The Kier molecular flexibility index (Phi) is 10.9. The first-order valence-electron chi connectivity index (χ1n) is 7.98. The van der Waals surface area contributed by atoms with Crippen molar-refractivity contribution in [3.63, 3.8) is 0 Å². The number of hydrogen-bond donors (Lipinski definition) is 1. The molecule has 124 valence electrons. The van der Waals surface area contributed by atoms with Crippen molar-refractivity contribution in [3.05, 3.63) is 0 Å². The van der Waals surface area contributed by atoms with E-state index in [2.05, 4.69) is 19.2 Å². The third kappa shape index (κ3) is 12.4. The zero-order valence-electron chi connectivity index (χ0n) is 14.3. The van der Waals surface area contributed by atoms with E-state index in [-0.39, 0.29) is 17.9 Å². The van der Waals surface area contributed by atoms with Crippen LogP contribution in [0, 0.1) is 5.92 Å². The van der Waals surface area contributed by atoms with Crippen LogP contribution in [0.5, 0.6) is 0 Å². The second-order valence-corrected chi connectivity index (χ2v) is 6.09. The molecular weight excluding hydrogens is 268 g/mol. The predicted octanol–water partition coefficient (Wildman–Crippen LogP) is 2.20. The predicted molar refractivity (Wildman–Crippen MR) is 85.0 cm³/mol. The first-order valence-corrected chi connectivity index (χ1v) is 7.98. The highest BCUT2D eigenvalue weighted by molar-refractivity contribution is 5.78. The molecule has 5 nitrogen and oxygen atoms in total. The third-order valence-electron chi connectivity index (χ3n) is 3.24. The van der Waals surface area contributed by atoms with Gasteiger partial charge in [0.15, 0.2) is 0 Å². The van der Waals surface area contributed by atoms with Crippen LogP contribution in [0.2, 0.25) is 0 Å². The molecule has 1 amide bonds. The molecule has 0 aliphatic heterocycles. The van der Waals surface area contributed by atoms with Gasteiger partial charge in [-0.2, -0.15) is 0 Å². The Labute approximate surface area is 129 Å². The molecular formula is C16H32N2O3. The number of rotatable bonds is 11. The molecule has 1 unspecified atom stereocenters. The minimum atomic E-state index is -0.216. The minimum absolute atomic E-state index is 0.0124. The SMILES string of the molecule is CCOC(=O)CCN(C)CC(=O)NC(C)CCCC(C)C. The summed E-state index contributed by atoms with van der Waals surface area (Å²) in [5.74, 6) is 0.507. The Morgan fingerprint density at radius 3 is 2.43 bits per heavy atom. The fraction of sp³-hybridized carbons (Fsp3) is 0.875. The second-order valence-electron chi connectivity index (χ2n) is 6.09. The largest absolute Gasteiger partial charge is 0.466 e. The third-order valence-corrected chi connectivity index (χ3v) is 3.24. The number of nitrogens with one attached hydrogen (secondary N) is 1. The standard InChI is InChI=1S/C16H32N2O3/c1-6-21-16(20)10-11-18(5)12-15(19)17-14(4)9-7-8-13(2)3/h13-14H,6-12H2,1-5H3,(H,17,19). The van der Waals surface area contributed by atoms with Crippen LogP contribution in [-0.4, -0.2) is 49.6 Å². The molecule has 0 fully saturated rings. The number of carbonyl (C=O) groups is 2. The Hall–Kier alpha value is -1.10. The minimum Gasteiger partial charge on any atom is -0.466 e. The number of esters is 1. The van der Waals surface area contributed by atoms with Gasteiger partial charge < -0.3 is 10.1 Å². The molecule has 0 aliphatic rings. The van der Waals surface area contributed by atoms with Crippen molar-refractivity contribution in [2.24, 2.45) is 5.92 Å². The summed E-state index contributed by atoms with van der Waals surface area (Å²) < 4.78 is 4.86. The molecule has 0 spiro atoms. The molecule has 0 aromatic heterocycles. The number of nitrogens with zero attached hydrogens (tertiary/aromatic N) is 1. The monoisotopic (exact) mass is 300 g/mol. The summed E-state index contributed by atoms with van der Waals surface area (Å²) in [6.45, 7) is 9.49. The zero-order chi connectivity index (χ0) is 16.3. The van der Waals surface area contributed by atoms with Gasteiger partial charge in [0.25, 0.3) is 0 Å². The Morgan fingerprint density at radius 2 is 1.86 bits per heavy atom. The van der Waals surface area contributed by atoms with E-state index in [0.29, 0.717) is 32.0 Å². The van der Waals surface area contributed by atoms with Crippen molar-refractivity contribution in [2.45, 2.75) is 59.4 Å². The number of carbonyl (C=O) groups excluding carboxylic acids is 2. The van der Waals surface area contributed by atoms with Crippen LogP contribution in [0.15, 0.2) is 0 Å². The van der Waals surface area contributed by atoms with Gasteiger partial charge in [0.1, 0.15) is 0 Å². The highest BCUT2D eigenvalue weighted by Gasteiger charge is 2.11. The van der Waals surface area contributed by atoms with E-state index in [1.54, 1.807) is 6.92 Å². The van der Waals surface area contributed by atoms with Gasteiger partial charge in [0.2, 0.25) is 5.91 Å². The average Bonchev–Trinajstić information content (AvgIpc) is 2.36. The maximum Gasteiger partial charge on any atom is 0.307 e. The number of likely N-dealkylation sites (N-methyl/N-ethyl adjacent to an activating group) is 1. The molecule has 0 bridgehead atoms. The number of amides is 1. The van der Waals surface area contributed by atoms with E-state index in [1.807, 2.05) is 18.9 Å². The fourth-order valence-corrected chi connectivity index (χ4v) is 2.06. The van der Waals surface area contributed by atoms with Gasteiger partial charge in [-0.15, -0.1) is 0 Å². The van der Waals surface area contributed by atoms with Crippen LogP contribution in [0.3, 0.4) is 0 Å². The zero-order valence-corrected chi connectivity index (χ0v) is 14.3. The molecule has 0 radical (unpaired) electrons. The molecule has 0 aliphatic carbocycles. The van der Waals surface area contributed by atoms with E-state index in [1.165, 1.54) is 6.42 Å². The lowest BCUT2D eigenvalue weighted by Gasteiger charge is -2.19. The summed E-state index contributed by atoms with van der Waals surface area (Å²) >= 11 is 0. The molecule has 0 aromatic rings. The summed E-state index contributed by atoms with van der Waals surface area (Å²) in [5, 5.41) is 3.00. The van der Waals surface area contributed by atoms with Crippen LogP contribution >= 0.6 is 0 Å². The Morgan fingerprint density at radius 1 is 1.19 bits per heavy atom. The normalized spacial score (nSPS) is 12.5. The first kappa shape index (κ1) is 19.9. The highest BCUT2D eigenvalue weighted by atomic mass is 16.5. The van der Waals surface area contributed by atoms with E-state index >= 15 is 0 Å². The topological polar surface area (TPSA) is 58.6 Å². The van der Waals surface area contributed by atoms with Gasteiger partial charge in [0, 0.05) is 12.6 Å². The second kappa shape index (κ2) is 11.5. The molecule has 0 rings (SSSR count). The van der Waals surface area contributed by atoms with Crippen LogP contribution in [0.25, 0.3) is 0 Å². The maximum atomic E-state index is 11.9. The average molecular weight is 300 g/mol. The Balaban J connectivity index is 3.78. The van der Waals surface area contributed by atoms with Gasteiger partial charge >= 0.3 is 5.97 Å². The van der Waals surface area contributed by atoms with Gasteiger partial charge in [-0.1, -0.05) is 26.7 Å². The lowest BCUT2D eigenvalue weighted by molar-refractivity contribution is -0.143. The van der Waals surface area contributed by atoms with Crippen LogP contribution in [-0.2, 0) is 14.3 Å². The summed E-state index contributed by atoms with van der Waals surface area (Å²) in [7, 11) is 1.84. The lowest BCUT2D eigenvalue weighted by atomic mass is 10.0. The molecule has 0 aromatic carbocycles. The summed E-state index contributed by atoms with van der Waals surface area (Å²) in [5.41, 5.74) is 0. The summed E-state index contributed by atoms with van der Waals surface area (Å²) in [6.07, 6.45) is 3.66. The molecule has 0 saturated carbocycles. The van der Waals surface area contributed by atoms with E-state index < -0.39 is 0 Å². The fourth-order valence-electron chi connectivity index (χ4n) is 2.06. The van der Waals surface area contributed by atoms with Crippen LogP contribution < -0.4 is 5.32 Å². The van der Waals surface area contributed by atoms with Crippen LogP contribution in [0.4, 0.5) is 0 Å². The van der Waals surface area contributed by atoms with Gasteiger partial charge in [-0.25, -0.2) is 0 Å². The molecule has 1 N–H and O–H groups in total. The molecule has 21 heavy (non-hydrogen) atoms. The number of ether oxygens (including phenoxy) is 1. The molecule has 1 atom stereocenters. The lowest BCUT2D eigenvalue weighted by Crippen LogP contribution is -2.40. The summed E-state index contributed by atoms with van der Waals surface area (Å²) in [6, 6.07) is 0.203. The van der Waals surface area contributed by atoms with Crippen LogP contribution in [0.1, 0.15) is 53.4 Å². The van der Waals surface area contributed by atoms with Crippen molar-refractivity contribution in [2.75, 3.05) is 26.7 Å². The first-order chi connectivity index (χ1) is 9.85. The van der Waals surface area contributed by atoms with E-state index in [0.717, 1.165) is 12.8 Å². The molecule has 5 heteroatoms. The quantitative estimate of drug-likeness (QED) is 0.594. The van der Waals surface area contributed by atoms with Gasteiger partial charge in [0.05, 0.1) is 19.6 Å². The Bertz CT molecular complexity index is 306. The van der Waals surface area contributed by atoms with Crippen molar-refractivity contribution < 1.29 is 14.3 Å². The summed E-state index contributed by atoms with van der Waals surface area (Å²) in [4.78, 5) is 24.9. The van der Waals surface area contributed by atoms with Gasteiger partial charge in [-0.05, 0) is 33.2 Å². The van der Waals surface area contributed by atoms with E-state index in [9.17, 15) is 9.59 Å². The smallest absolute Gasteiger partial charge is 0.307 e. The van der Waals surface area contributed by atoms with Gasteiger partial charge in [-0.3, -0.25) is 14.5 Å². The molecule has 0 heterocycles. The maximum absolute atomic E-state index is 11.9. The van der Waals surface area contributed by atoms with Crippen molar-refractivity contribution in [3.8, 4) is 0 Å². The molecule has 0 saturated heterocycles. The van der Waals surface area contributed by atoms with E-state index in [4.69, 9.17) is 4.74 Å². The van der Waals surface area contributed by atoms with Crippen molar-refractivity contribution in [1.29, 1.82) is 0 Å². The highest BCUT2D eigenvalue weighted by Crippen LogP contribution is 2.08. The van der Waals surface area contributed by atoms with Crippen molar-refractivity contribution >= 4 is 11.9 Å².